The van der Waals surface area contributed by atoms with E-state index >= 15 is 0 Å². The third-order valence-electron chi connectivity index (χ3n) is 4.12. The predicted molar refractivity (Wildman–Crippen MR) is 66.6 cm³/mol. The Kier molecular flexibility index (Phi) is 4.40. The molecule has 0 bridgehead atoms. The molecule has 17 heavy (non-hydrogen) atoms. The molecule has 1 atom stereocenters. The van der Waals surface area contributed by atoms with Crippen LogP contribution in [0.2, 0.25) is 0 Å². The molecule has 2 fully saturated rings. The van der Waals surface area contributed by atoms with Gasteiger partial charge < -0.3 is 10.4 Å². The van der Waals surface area contributed by atoms with Crippen LogP contribution in [-0.2, 0) is 4.79 Å². The molecule has 0 aromatic rings. The van der Waals surface area contributed by atoms with Crippen LogP contribution < -0.4 is 5.32 Å². The molecule has 2 N–H and O–H groups in total. The second-order valence-corrected chi connectivity index (χ2v) is 5.52. The quantitative estimate of drug-likeness (QED) is 0.762. The summed E-state index contributed by atoms with van der Waals surface area (Å²) in [6, 6.07) is 0.355. The van der Waals surface area contributed by atoms with Gasteiger partial charge in [-0.15, -0.1) is 0 Å². The molecule has 1 unspecified atom stereocenters. The van der Waals surface area contributed by atoms with Crippen molar-refractivity contribution < 1.29 is 9.90 Å². The van der Waals surface area contributed by atoms with Crippen LogP contribution in [0.25, 0.3) is 0 Å². The Labute approximate surface area is 103 Å². The first-order chi connectivity index (χ1) is 8.20. The molecule has 4 heteroatoms. The largest absolute Gasteiger partial charge is 0.396 e. The van der Waals surface area contributed by atoms with Crippen LogP contribution in [0.5, 0.6) is 0 Å². The fourth-order valence-electron chi connectivity index (χ4n) is 2.78. The summed E-state index contributed by atoms with van der Waals surface area (Å²) >= 11 is 0. The van der Waals surface area contributed by atoms with Crippen molar-refractivity contribution in [1.29, 1.82) is 0 Å². The fourth-order valence-corrected chi connectivity index (χ4v) is 2.78. The predicted octanol–water partition coefficient (Wildman–Crippen LogP) is 0.748. The molecule has 1 heterocycles. The number of aliphatic hydroxyl groups excluding tert-OH is 1. The van der Waals surface area contributed by atoms with Crippen molar-refractivity contribution in [2.45, 2.75) is 51.1 Å². The fraction of sp³-hybridized carbons (Fsp3) is 0.923. The van der Waals surface area contributed by atoms with E-state index in [9.17, 15) is 4.79 Å². The van der Waals surface area contributed by atoms with Gasteiger partial charge in [-0.2, -0.15) is 0 Å². The van der Waals surface area contributed by atoms with E-state index in [0.717, 1.165) is 25.9 Å². The van der Waals surface area contributed by atoms with Gasteiger partial charge in [0.25, 0.3) is 0 Å². The van der Waals surface area contributed by atoms with Crippen molar-refractivity contribution in [3.63, 3.8) is 0 Å². The summed E-state index contributed by atoms with van der Waals surface area (Å²) in [5.74, 6) is 0.535. The average molecular weight is 240 g/mol. The second-order valence-electron chi connectivity index (χ2n) is 5.52. The molecule has 0 radical (unpaired) electrons. The number of rotatable bonds is 4. The van der Waals surface area contributed by atoms with Gasteiger partial charge in [0, 0.05) is 31.7 Å². The molecule has 1 saturated heterocycles. The van der Waals surface area contributed by atoms with E-state index < -0.39 is 0 Å². The van der Waals surface area contributed by atoms with Crippen molar-refractivity contribution in [3.8, 4) is 0 Å². The van der Waals surface area contributed by atoms with Crippen molar-refractivity contribution in [2.75, 3.05) is 19.7 Å². The lowest BCUT2D eigenvalue weighted by atomic mass is 9.94. The molecule has 0 aromatic heterocycles. The van der Waals surface area contributed by atoms with E-state index in [1.54, 1.807) is 0 Å². The average Bonchev–Trinajstić information content (AvgIpc) is 2.28. The van der Waals surface area contributed by atoms with Crippen LogP contribution in [0.3, 0.4) is 0 Å². The van der Waals surface area contributed by atoms with E-state index in [2.05, 4.69) is 10.2 Å². The first kappa shape index (κ1) is 12.8. The maximum absolute atomic E-state index is 12.0. The number of hydrogen-bond acceptors (Lipinski definition) is 3. The smallest absolute Gasteiger partial charge is 0.237 e. The number of amides is 1. The van der Waals surface area contributed by atoms with Crippen LogP contribution in [0.15, 0.2) is 0 Å². The summed E-state index contributed by atoms with van der Waals surface area (Å²) in [5.41, 5.74) is 0. The summed E-state index contributed by atoms with van der Waals surface area (Å²) in [4.78, 5) is 14.2. The highest BCUT2D eigenvalue weighted by molar-refractivity contribution is 5.81. The minimum atomic E-state index is -0.0419. The molecule has 98 valence electrons. The summed E-state index contributed by atoms with van der Waals surface area (Å²) in [6.07, 6.45) is 6.08. The normalized spacial score (nSPS) is 25.3. The molecule has 1 aliphatic carbocycles. The minimum absolute atomic E-state index is 0.0419. The first-order valence-electron chi connectivity index (χ1n) is 6.86. The topological polar surface area (TPSA) is 52.6 Å². The first-order valence-corrected chi connectivity index (χ1v) is 6.86. The highest BCUT2D eigenvalue weighted by Crippen LogP contribution is 2.20. The Morgan fingerprint density at radius 3 is 2.59 bits per heavy atom. The van der Waals surface area contributed by atoms with Gasteiger partial charge in [0.1, 0.15) is 0 Å². The molecule has 1 aliphatic heterocycles. The highest BCUT2D eigenvalue weighted by atomic mass is 16.3. The Hall–Kier alpha value is -0.610. The maximum Gasteiger partial charge on any atom is 0.237 e. The van der Waals surface area contributed by atoms with Gasteiger partial charge in [-0.05, 0) is 19.8 Å². The summed E-state index contributed by atoms with van der Waals surface area (Å²) in [5, 5.41) is 12.1. The van der Waals surface area contributed by atoms with E-state index in [-0.39, 0.29) is 18.6 Å². The van der Waals surface area contributed by atoms with Gasteiger partial charge in [-0.1, -0.05) is 19.3 Å². The number of nitrogens with zero attached hydrogens (tertiary/aromatic N) is 1. The van der Waals surface area contributed by atoms with Gasteiger partial charge in [0.05, 0.1) is 6.04 Å². The lowest BCUT2D eigenvalue weighted by molar-refractivity contribution is -0.130. The monoisotopic (exact) mass is 240 g/mol. The van der Waals surface area contributed by atoms with Crippen LogP contribution in [0.4, 0.5) is 0 Å². The molecule has 2 aliphatic rings. The van der Waals surface area contributed by atoms with Crippen molar-refractivity contribution in [1.82, 2.24) is 10.2 Å². The Morgan fingerprint density at radius 1 is 1.35 bits per heavy atom. The van der Waals surface area contributed by atoms with Gasteiger partial charge in [-0.3, -0.25) is 9.69 Å². The van der Waals surface area contributed by atoms with Gasteiger partial charge in [0.15, 0.2) is 0 Å². The van der Waals surface area contributed by atoms with Gasteiger partial charge in [-0.25, -0.2) is 0 Å². The lowest BCUT2D eigenvalue weighted by Gasteiger charge is -2.42. The lowest BCUT2D eigenvalue weighted by Crippen LogP contribution is -2.58. The molecule has 1 saturated carbocycles. The molecule has 1 amide bonds. The molecule has 2 rings (SSSR count). The van der Waals surface area contributed by atoms with Gasteiger partial charge >= 0.3 is 0 Å². The van der Waals surface area contributed by atoms with Crippen LogP contribution in [-0.4, -0.2) is 47.7 Å². The standard InChI is InChI=1S/C13H24N2O2/c1-10(15-7-11(8-15)9-16)13(17)14-12-5-3-2-4-6-12/h10-12,16H,2-9H2,1H3,(H,14,17). The zero-order chi connectivity index (χ0) is 12.3. The number of likely N-dealkylation sites (tertiary alicyclic amines) is 1. The third-order valence-corrected chi connectivity index (χ3v) is 4.12. The molecular weight excluding hydrogens is 216 g/mol. The summed E-state index contributed by atoms with van der Waals surface area (Å²) < 4.78 is 0. The minimum Gasteiger partial charge on any atom is -0.396 e. The van der Waals surface area contributed by atoms with Crippen molar-refractivity contribution in [2.24, 2.45) is 5.92 Å². The Balaban J connectivity index is 1.71. The van der Waals surface area contributed by atoms with E-state index in [1.807, 2.05) is 6.92 Å². The summed E-state index contributed by atoms with van der Waals surface area (Å²) in [7, 11) is 0. The third kappa shape index (κ3) is 3.19. The summed E-state index contributed by atoms with van der Waals surface area (Å²) in [6.45, 7) is 3.92. The van der Waals surface area contributed by atoms with Crippen molar-refractivity contribution in [3.05, 3.63) is 0 Å². The van der Waals surface area contributed by atoms with E-state index in [1.165, 1.54) is 19.3 Å². The zero-order valence-electron chi connectivity index (χ0n) is 10.7. The van der Waals surface area contributed by atoms with Gasteiger partial charge in [0.2, 0.25) is 5.91 Å². The van der Waals surface area contributed by atoms with E-state index in [4.69, 9.17) is 5.11 Å². The number of hydrogen-bond donors (Lipinski definition) is 2. The Morgan fingerprint density at radius 2 is 2.00 bits per heavy atom. The SMILES string of the molecule is CC(C(=O)NC1CCCCC1)N1CC(CO)C1. The molecule has 0 aromatic carbocycles. The van der Waals surface area contributed by atoms with Crippen LogP contribution in [0, 0.1) is 5.92 Å². The molecule has 4 nitrogen and oxygen atoms in total. The number of carbonyl (C=O) groups is 1. The Bertz CT molecular complexity index is 258. The van der Waals surface area contributed by atoms with Crippen molar-refractivity contribution >= 4 is 5.91 Å². The maximum atomic E-state index is 12.0. The highest BCUT2D eigenvalue weighted by Gasteiger charge is 2.33. The molecular formula is C13H24N2O2. The zero-order valence-corrected chi connectivity index (χ0v) is 10.7. The van der Waals surface area contributed by atoms with E-state index in [0.29, 0.717) is 12.0 Å². The van der Waals surface area contributed by atoms with Crippen LogP contribution in [0.1, 0.15) is 39.0 Å². The molecule has 0 spiro atoms. The number of aliphatic hydroxyl groups is 1. The number of nitrogens with one attached hydrogen (secondary N) is 1. The second kappa shape index (κ2) is 5.83. The number of carbonyl (C=O) groups excluding carboxylic acids is 1. The van der Waals surface area contributed by atoms with Crippen LogP contribution >= 0.6 is 0 Å².